The first-order valence-corrected chi connectivity index (χ1v) is 8.41. The maximum Gasteiger partial charge on any atom is 0.166 e. The molecule has 2 atom stereocenters. The number of benzene rings is 1. The molecule has 0 N–H and O–H groups in total. The largest absolute Gasteiger partial charge is 0.300 e. The number of rotatable bonds is 3. The highest BCUT2D eigenvalue weighted by molar-refractivity contribution is 5.98. The van der Waals surface area contributed by atoms with Crippen molar-refractivity contribution in [3.05, 3.63) is 35.4 Å². The number of carbonyl (C=O) groups excluding carboxylic acids is 1. The average molecular weight is 294 g/mol. The molecule has 3 aliphatic rings. The van der Waals surface area contributed by atoms with E-state index in [9.17, 15) is 10.1 Å². The predicted molar refractivity (Wildman–Crippen MR) is 84.6 cm³/mol. The Kier molecular flexibility index (Phi) is 3.13. The molecule has 1 aromatic carbocycles. The molecule has 114 valence electrons. The van der Waals surface area contributed by atoms with Gasteiger partial charge in [-0.1, -0.05) is 24.3 Å². The van der Waals surface area contributed by atoms with Crippen molar-refractivity contribution in [1.82, 2.24) is 4.90 Å². The molecule has 1 aromatic rings. The van der Waals surface area contributed by atoms with Crippen LogP contribution in [0.4, 0.5) is 0 Å². The van der Waals surface area contributed by atoms with Gasteiger partial charge < -0.3 is 4.90 Å². The Morgan fingerprint density at radius 1 is 1.18 bits per heavy atom. The zero-order valence-electron chi connectivity index (χ0n) is 13.1. The van der Waals surface area contributed by atoms with Crippen LogP contribution in [-0.2, 0) is 5.41 Å². The van der Waals surface area contributed by atoms with E-state index in [4.69, 9.17) is 0 Å². The van der Waals surface area contributed by atoms with Gasteiger partial charge in [0.15, 0.2) is 5.78 Å². The molecule has 22 heavy (non-hydrogen) atoms. The van der Waals surface area contributed by atoms with Gasteiger partial charge in [-0.15, -0.1) is 0 Å². The van der Waals surface area contributed by atoms with E-state index < -0.39 is 0 Å². The van der Waals surface area contributed by atoms with Gasteiger partial charge in [-0.3, -0.25) is 4.79 Å². The van der Waals surface area contributed by atoms with Crippen LogP contribution >= 0.6 is 0 Å². The second-order valence-corrected chi connectivity index (χ2v) is 7.35. The number of Topliss-reactive ketones (excluding diaryl/α,β-unsaturated/α-hetero) is 1. The normalized spacial score (nSPS) is 32.5. The quantitative estimate of drug-likeness (QED) is 0.803. The molecule has 3 nitrogen and oxygen atoms in total. The molecule has 1 saturated carbocycles. The van der Waals surface area contributed by atoms with Crippen LogP contribution in [0.2, 0.25) is 0 Å². The minimum atomic E-state index is -0.256. The SMILES string of the molecule is CN1C2CCC1CC(C(=O)c1ccc(C3(C#N)CC3)cc1)C2. The molecule has 0 spiro atoms. The van der Waals surface area contributed by atoms with E-state index >= 15 is 0 Å². The van der Waals surface area contributed by atoms with Gasteiger partial charge in [0, 0.05) is 23.6 Å². The van der Waals surface area contributed by atoms with Crippen LogP contribution in [-0.4, -0.2) is 29.8 Å². The van der Waals surface area contributed by atoms with Gasteiger partial charge in [0.25, 0.3) is 0 Å². The van der Waals surface area contributed by atoms with Crippen molar-refractivity contribution in [1.29, 1.82) is 5.26 Å². The summed E-state index contributed by atoms with van der Waals surface area (Å²) in [7, 11) is 2.20. The summed E-state index contributed by atoms with van der Waals surface area (Å²) in [6.45, 7) is 0. The summed E-state index contributed by atoms with van der Waals surface area (Å²) in [6, 6.07) is 11.5. The summed E-state index contributed by atoms with van der Waals surface area (Å²) < 4.78 is 0. The molecule has 2 heterocycles. The van der Waals surface area contributed by atoms with Gasteiger partial charge >= 0.3 is 0 Å². The summed E-state index contributed by atoms with van der Waals surface area (Å²) in [6.07, 6.45) is 6.42. The fourth-order valence-electron chi connectivity index (χ4n) is 4.40. The summed E-state index contributed by atoms with van der Waals surface area (Å²) in [4.78, 5) is 15.3. The van der Waals surface area contributed by atoms with E-state index in [1.54, 1.807) is 0 Å². The highest BCUT2D eigenvalue weighted by atomic mass is 16.1. The minimum absolute atomic E-state index is 0.186. The van der Waals surface area contributed by atoms with Gasteiger partial charge in [0.1, 0.15) is 0 Å². The summed E-state index contributed by atoms with van der Waals surface area (Å²) in [5, 5.41) is 9.26. The van der Waals surface area contributed by atoms with Crippen LogP contribution in [0.15, 0.2) is 24.3 Å². The number of piperidine rings is 1. The monoisotopic (exact) mass is 294 g/mol. The smallest absolute Gasteiger partial charge is 0.166 e. The van der Waals surface area contributed by atoms with Crippen LogP contribution in [0.5, 0.6) is 0 Å². The van der Waals surface area contributed by atoms with Gasteiger partial charge in [-0.2, -0.15) is 5.26 Å². The third-order valence-electron chi connectivity index (χ3n) is 6.16. The molecule has 0 radical (unpaired) electrons. The summed E-state index contributed by atoms with van der Waals surface area (Å²) >= 11 is 0. The molecule has 3 fully saturated rings. The lowest BCUT2D eigenvalue weighted by molar-refractivity contribution is 0.0767. The second kappa shape index (κ2) is 4.93. The molecule has 0 aromatic heterocycles. The number of ketones is 1. The Bertz CT molecular complexity index is 624. The molecule has 0 amide bonds. The van der Waals surface area contributed by atoms with Crippen molar-refractivity contribution in [3.63, 3.8) is 0 Å². The zero-order valence-corrected chi connectivity index (χ0v) is 13.1. The Balaban J connectivity index is 1.51. The van der Waals surface area contributed by atoms with E-state index in [-0.39, 0.29) is 11.3 Å². The maximum atomic E-state index is 12.8. The molecule has 3 heteroatoms. The fraction of sp³-hybridized carbons (Fsp3) is 0.579. The topological polar surface area (TPSA) is 44.1 Å². The molecular weight excluding hydrogens is 272 g/mol. The van der Waals surface area contributed by atoms with Crippen molar-refractivity contribution in [2.75, 3.05) is 7.05 Å². The van der Waals surface area contributed by atoms with E-state index in [1.807, 2.05) is 24.3 Å². The fourth-order valence-corrected chi connectivity index (χ4v) is 4.40. The van der Waals surface area contributed by atoms with Crippen molar-refractivity contribution in [2.24, 2.45) is 5.92 Å². The minimum Gasteiger partial charge on any atom is -0.300 e. The van der Waals surface area contributed by atoms with E-state index in [0.29, 0.717) is 17.9 Å². The Hall–Kier alpha value is -1.66. The highest BCUT2D eigenvalue weighted by Crippen LogP contribution is 2.47. The Morgan fingerprint density at radius 3 is 2.27 bits per heavy atom. The number of fused-ring (bicyclic) bond motifs is 2. The van der Waals surface area contributed by atoms with Crippen LogP contribution in [0.3, 0.4) is 0 Å². The van der Waals surface area contributed by atoms with Gasteiger partial charge in [0.2, 0.25) is 0 Å². The Labute approximate surface area is 131 Å². The van der Waals surface area contributed by atoms with E-state index in [0.717, 1.165) is 36.8 Å². The average Bonchev–Trinajstić information content (AvgIpc) is 3.32. The molecule has 2 unspecified atom stereocenters. The van der Waals surface area contributed by atoms with Gasteiger partial charge in [-0.05, 0) is 51.1 Å². The molecule has 2 saturated heterocycles. The van der Waals surface area contributed by atoms with Crippen molar-refractivity contribution >= 4 is 5.78 Å². The lowest BCUT2D eigenvalue weighted by Crippen LogP contribution is -2.42. The molecular formula is C19H22N2O. The Morgan fingerprint density at radius 2 is 1.77 bits per heavy atom. The number of carbonyl (C=O) groups is 1. The van der Waals surface area contributed by atoms with E-state index in [1.165, 1.54) is 12.8 Å². The van der Waals surface area contributed by atoms with E-state index in [2.05, 4.69) is 18.0 Å². The number of nitrogens with zero attached hydrogens (tertiary/aromatic N) is 2. The van der Waals surface area contributed by atoms with Crippen LogP contribution in [0.1, 0.15) is 54.4 Å². The van der Waals surface area contributed by atoms with Crippen molar-refractivity contribution in [2.45, 2.75) is 56.0 Å². The second-order valence-electron chi connectivity index (χ2n) is 7.35. The van der Waals surface area contributed by atoms with Gasteiger partial charge in [0.05, 0.1) is 11.5 Å². The first-order chi connectivity index (χ1) is 10.6. The lowest BCUT2D eigenvalue weighted by atomic mass is 9.84. The third-order valence-corrected chi connectivity index (χ3v) is 6.16. The zero-order chi connectivity index (χ0) is 15.3. The van der Waals surface area contributed by atoms with Crippen LogP contribution in [0, 0.1) is 17.2 Å². The van der Waals surface area contributed by atoms with Crippen molar-refractivity contribution in [3.8, 4) is 6.07 Å². The molecule has 2 bridgehead atoms. The number of nitriles is 1. The predicted octanol–water partition coefficient (Wildman–Crippen LogP) is 3.30. The lowest BCUT2D eigenvalue weighted by Gasteiger charge is -2.35. The first-order valence-electron chi connectivity index (χ1n) is 8.41. The summed E-state index contributed by atoms with van der Waals surface area (Å²) in [5.41, 5.74) is 1.65. The number of hydrogen-bond donors (Lipinski definition) is 0. The van der Waals surface area contributed by atoms with Crippen LogP contribution < -0.4 is 0 Å². The standard InChI is InChI=1S/C19H22N2O/c1-21-16-6-7-17(21)11-14(10-16)18(22)13-2-4-15(5-3-13)19(12-20)8-9-19/h2-5,14,16-17H,6-11H2,1H3. The molecule has 1 aliphatic carbocycles. The maximum absolute atomic E-state index is 12.8. The molecule has 2 aliphatic heterocycles. The first kappa shape index (κ1) is 14.0. The van der Waals surface area contributed by atoms with Crippen molar-refractivity contribution < 1.29 is 4.79 Å². The van der Waals surface area contributed by atoms with Gasteiger partial charge in [-0.25, -0.2) is 0 Å². The summed E-state index contributed by atoms with van der Waals surface area (Å²) in [5.74, 6) is 0.490. The van der Waals surface area contributed by atoms with Crippen LogP contribution in [0.25, 0.3) is 0 Å². The number of hydrogen-bond acceptors (Lipinski definition) is 3. The highest BCUT2D eigenvalue weighted by Gasteiger charge is 2.45. The third kappa shape index (κ3) is 2.09. The molecule has 4 rings (SSSR count).